The lowest BCUT2D eigenvalue weighted by molar-refractivity contribution is -0.767. The Morgan fingerprint density at radius 1 is 1.04 bits per heavy atom. The molecule has 294 valence electrons. The number of amides is 2. The Labute approximate surface area is 332 Å². The summed E-state index contributed by atoms with van der Waals surface area (Å²) >= 11 is 2.10. The molecule has 3 atom stereocenters. The molecule has 2 aromatic heterocycles. The number of nitrogens with one attached hydrogen (secondary N) is 2. The molecule has 0 saturated carbocycles. The molecule has 0 bridgehead atoms. The zero-order valence-electron chi connectivity index (χ0n) is 29.9. The number of nitrogens with zero attached hydrogens (tertiary/aromatic N) is 6. The maximum absolute atomic E-state index is 14.0. The Balaban J connectivity index is 1.17. The number of carbonyl (C=O) groups excluding carboxylic acids is 2. The van der Waals surface area contributed by atoms with E-state index < -0.39 is 53.5 Å². The van der Waals surface area contributed by atoms with Crippen LogP contribution in [-0.4, -0.2) is 89.5 Å². The summed E-state index contributed by atoms with van der Waals surface area (Å²) in [6.45, 7) is -1.52. The number of halogens is 2. The molecular formula is C38H36F2N9O6S2+. The first-order chi connectivity index (χ1) is 27.7. The fourth-order valence-electron chi connectivity index (χ4n) is 6.81. The van der Waals surface area contributed by atoms with Crippen LogP contribution in [0.5, 0.6) is 0 Å². The fourth-order valence-corrected chi connectivity index (χ4v) is 8.77. The molecule has 2 aliphatic rings. The van der Waals surface area contributed by atoms with Crippen molar-refractivity contribution in [1.29, 1.82) is 0 Å². The number of anilines is 2. The minimum atomic E-state index is -2.51. The number of aromatic nitrogens is 4. The van der Waals surface area contributed by atoms with Crippen LogP contribution in [0.15, 0.2) is 120 Å². The zero-order valence-corrected chi connectivity index (χ0v) is 31.6. The normalized spacial score (nSPS) is 17.4. The van der Waals surface area contributed by atoms with Gasteiger partial charge in [-0.25, -0.2) is 9.18 Å². The van der Waals surface area contributed by atoms with Gasteiger partial charge in [0.05, 0.1) is 12.7 Å². The molecule has 1 unspecified atom stereocenters. The number of thioether (sulfide) groups is 1. The number of carbonyl (C=O) groups is 3. The molecular weight excluding hydrogens is 781 g/mol. The molecule has 1 saturated heterocycles. The number of hydrogen-bond acceptors (Lipinski definition) is 12. The number of nitrogen functional groups attached to an aromatic ring is 1. The van der Waals surface area contributed by atoms with Gasteiger partial charge in [-0.1, -0.05) is 96.2 Å². The van der Waals surface area contributed by atoms with E-state index in [1.54, 1.807) is 21.6 Å². The molecule has 19 heteroatoms. The van der Waals surface area contributed by atoms with E-state index >= 15 is 0 Å². The molecule has 6 N–H and O–H groups in total. The second kappa shape index (κ2) is 16.9. The van der Waals surface area contributed by atoms with Crippen molar-refractivity contribution in [3.8, 4) is 0 Å². The summed E-state index contributed by atoms with van der Waals surface area (Å²) < 4.78 is 34.7. The lowest BCUT2D eigenvalue weighted by Crippen LogP contribution is -2.71. The van der Waals surface area contributed by atoms with Gasteiger partial charge in [0.2, 0.25) is 16.7 Å². The van der Waals surface area contributed by atoms with Gasteiger partial charge in [-0.15, -0.1) is 21.1 Å². The average Bonchev–Trinajstić information content (AvgIpc) is 3.84. The number of β-lactam (4-membered cyclic amide) rings is 1. The Kier molecular flexibility index (Phi) is 11.6. The highest BCUT2D eigenvalue weighted by atomic mass is 32.2. The number of alkyl halides is 2. The summed E-state index contributed by atoms with van der Waals surface area (Å²) in [6, 6.07) is 29.3. The molecule has 4 heterocycles. The van der Waals surface area contributed by atoms with Crippen molar-refractivity contribution in [2.24, 2.45) is 5.16 Å². The average molecular weight is 817 g/mol. The number of hydrogen-bond donors (Lipinski definition) is 5. The molecule has 0 radical (unpaired) electrons. The van der Waals surface area contributed by atoms with Crippen molar-refractivity contribution in [2.75, 3.05) is 30.1 Å². The van der Waals surface area contributed by atoms with Gasteiger partial charge >= 0.3 is 5.97 Å². The lowest BCUT2D eigenvalue weighted by atomic mass is 9.77. The van der Waals surface area contributed by atoms with Crippen LogP contribution in [0.1, 0.15) is 22.5 Å². The smallest absolute Gasteiger partial charge is 0.352 e. The molecule has 0 aliphatic carbocycles. The Morgan fingerprint density at radius 2 is 1.65 bits per heavy atom. The Bertz CT molecular complexity index is 2210. The SMILES string of the molecule is Nc1cc[n+](CC2=C(C(=O)O)N3C(=O)[C@@H](NC(=O)C(=NOC(F)CF)c4nsc(NC(c5ccccc5)(c5ccccc5)c5ccccc5)n4)[C@H]3SC2)n1CCO. The number of rotatable bonds is 16. The number of aliphatic hydroxyl groups excluding tert-OH is 1. The second-order valence-corrected chi connectivity index (χ2v) is 14.7. The van der Waals surface area contributed by atoms with Gasteiger partial charge in [-0.05, 0) is 16.7 Å². The van der Waals surface area contributed by atoms with Crippen molar-refractivity contribution < 1.29 is 42.9 Å². The third-order valence-electron chi connectivity index (χ3n) is 9.37. The van der Waals surface area contributed by atoms with Crippen LogP contribution < -0.4 is 21.0 Å². The van der Waals surface area contributed by atoms with Gasteiger partial charge in [0.15, 0.2) is 25.2 Å². The largest absolute Gasteiger partial charge is 0.477 e. The van der Waals surface area contributed by atoms with Gasteiger partial charge < -0.3 is 31.4 Å². The van der Waals surface area contributed by atoms with Gasteiger partial charge in [0, 0.05) is 22.9 Å². The van der Waals surface area contributed by atoms with E-state index in [1.807, 2.05) is 91.0 Å². The summed E-state index contributed by atoms with van der Waals surface area (Å²) in [6.07, 6.45) is -0.865. The van der Waals surface area contributed by atoms with E-state index in [9.17, 15) is 33.4 Å². The van der Waals surface area contributed by atoms with Gasteiger partial charge in [-0.3, -0.25) is 14.5 Å². The van der Waals surface area contributed by atoms with Crippen LogP contribution >= 0.6 is 23.3 Å². The molecule has 57 heavy (non-hydrogen) atoms. The Hall–Kier alpha value is -6.18. The fraction of sp³-hybridized carbons (Fsp3) is 0.237. The number of oxime groups is 1. The van der Waals surface area contributed by atoms with Crippen molar-refractivity contribution in [2.45, 2.75) is 36.4 Å². The first-order valence-electron chi connectivity index (χ1n) is 17.5. The number of aliphatic hydroxyl groups is 1. The van der Waals surface area contributed by atoms with Crippen molar-refractivity contribution >= 4 is 57.7 Å². The van der Waals surface area contributed by atoms with Crippen LogP contribution in [0, 0.1) is 0 Å². The molecule has 7 rings (SSSR count). The Morgan fingerprint density at radius 3 is 2.21 bits per heavy atom. The van der Waals surface area contributed by atoms with Crippen LogP contribution in [0.2, 0.25) is 0 Å². The third-order valence-corrected chi connectivity index (χ3v) is 11.3. The van der Waals surface area contributed by atoms with Crippen LogP contribution in [0.25, 0.3) is 0 Å². The first-order valence-corrected chi connectivity index (χ1v) is 19.4. The molecule has 2 aliphatic heterocycles. The first kappa shape index (κ1) is 39.1. The van der Waals surface area contributed by atoms with E-state index in [0.717, 1.165) is 33.1 Å². The van der Waals surface area contributed by atoms with E-state index in [2.05, 4.69) is 30.0 Å². The van der Waals surface area contributed by atoms with Gasteiger partial charge in [0.25, 0.3) is 18.2 Å². The molecule has 3 aromatic carbocycles. The highest BCUT2D eigenvalue weighted by Gasteiger charge is 2.55. The number of nitrogens with two attached hydrogens (primary N) is 1. The van der Waals surface area contributed by atoms with Crippen molar-refractivity contribution in [3.63, 3.8) is 0 Å². The van der Waals surface area contributed by atoms with E-state index in [4.69, 9.17) is 5.73 Å². The maximum Gasteiger partial charge on any atom is 0.352 e. The van der Waals surface area contributed by atoms with Crippen molar-refractivity contribution in [3.05, 3.63) is 137 Å². The second-order valence-electron chi connectivity index (χ2n) is 12.8. The monoisotopic (exact) mass is 816 g/mol. The van der Waals surface area contributed by atoms with Crippen LogP contribution in [0.4, 0.5) is 19.7 Å². The summed E-state index contributed by atoms with van der Waals surface area (Å²) in [7, 11) is 0. The van der Waals surface area contributed by atoms with Crippen LogP contribution in [0.3, 0.4) is 0 Å². The molecule has 15 nitrogen and oxygen atoms in total. The highest BCUT2D eigenvalue weighted by molar-refractivity contribution is 8.00. The predicted octanol–water partition coefficient (Wildman–Crippen LogP) is 3.03. The predicted molar refractivity (Wildman–Crippen MR) is 207 cm³/mol. The zero-order chi connectivity index (χ0) is 40.1. The van der Waals surface area contributed by atoms with E-state index in [-0.39, 0.29) is 42.1 Å². The minimum absolute atomic E-state index is 0.0679. The molecule has 5 aromatic rings. The summed E-state index contributed by atoms with van der Waals surface area (Å²) in [5, 5.41) is 28.7. The van der Waals surface area contributed by atoms with Gasteiger partial charge in [0.1, 0.15) is 29.2 Å². The van der Waals surface area contributed by atoms with E-state index in [1.165, 1.54) is 11.8 Å². The van der Waals surface area contributed by atoms with Crippen LogP contribution in [-0.2, 0) is 37.8 Å². The quantitative estimate of drug-likeness (QED) is 0.0323. The summed E-state index contributed by atoms with van der Waals surface area (Å²) in [4.78, 5) is 50.2. The third kappa shape index (κ3) is 7.68. The highest BCUT2D eigenvalue weighted by Crippen LogP contribution is 2.42. The molecule has 1 fully saturated rings. The number of carboxylic acid groups (broad SMARTS) is 1. The number of aliphatic carboxylic acids is 1. The number of carboxylic acids is 1. The lowest BCUT2D eigenvalue weighted by Gasteiger charge is -2.49. The number of benzene rings is 3. The topological polar surface area (TPSA) is 201 Å². The molecule has 0 spiro atoms. The standard InChI is InChI=1S/C38H35F2N9O6S2/c39-20-27(40)55-45-29(33(51)42-30-34(52)49-31(36(53)54)23(22-56-35(30)49)21-47-17-16-28(41)48(47)18-19-50)32-43-37(57-46-32)44-38(24-10-4-1-5-11-24,25-12-6-2-7-13-25)26-14-8-3-9-15-26/h1-17,27,30,35,41,50H,18-22H2,(H3,42,43,44,46,51,53,54)/p+1/t27?,30-,35-/m1/s1. The van der Waals surface area contributed by atoms with Crippen molar-refractivity contribution in [1.82, 2.24) is 24.3 Å². The van der Waals surface area contributed by atoms with E-state index in [0.29, 0.717) is 11.4 Å². The minimum Gasteiger partial charge on any atom is -0.477 e. The molecule has 2 amide bonds. The summed E-state index contributed by atoms with van der Waals surface area (Å²) in [5.74, 6) is -2.86. The maximum atomic E-state index is 14.0. The van der Waals surface area contributed by atoms with Gasteiger partial charge in [-0.2, -0.15) is 13.7 Å². The number of fused-ring (bicyclic) bond motifs is 1. The summed E-state index contributed by atoms with van der Waals surface area (Å²) in [5.41, 5.74) is 7.08.